The Bertz CT molecular complexity index is 511. The van der Waals surface area contributed by atoms with E-state index >= 15 is 0 Å². The first-order valence-corrected chi connectivity index (χ1v) is 6.89. The number of hydrogen-bond donors (Lipinski definition) is 0. The molecule has 1 aromatic carbocycles. The van der Waals surface area contributed by atoms with Crippen LogP contribution in [0.4, 0.5) is 5.69 Å². The van der Waals surface area contributed by atoms with Crippen LogP contribution in [0, 0.1) is 0 Å². The Morgan fingerprint density at radius 2 is 1.86 bits per heavy atom. The van der Waals surface area contributed by atoms with Crippen LogP contribution in [0.15, 0.2) is 12.1 Å². The molecule has 1 heterocycles. The normalized spacial score (nSPS) is 14.8. The van der Waals surface area contributed by atoms with Crippen molar-refractivity contribution in [2.45, 2.75) is 0 Å². The largest absolute Gasteiger partial charge is 0.497 e. The van der Waals surface area contributed by atoms with Crippen LogP contribution in [0.1, 0.15) is 10.4 Å². The van der Waals surface area contributed by atoms with Crippen molar-refractivity contribution in [2.24, 2.45) is 0 Å². The first-order valence-electron chi connectivity index (χ1n) is 6.89. The second-order valence-electron chi connectivity index (χ2n) is 5.02. The summed E-state index contributed by atoms with van der Waals surface area (Å²) in [6, 6.07) is 3.56. The number of amides is 1. The number of carbonyl (C=O) groups is 1. The molecule has 6 nitrogen and oxygen atoms in total. The van der Waals surface area contributed by atoms with E-state index in [4.69, 9.17) is 14.2 Å². The lowest BCUT2D eigenvalue weighted by Gasteiger charge is -2.32. The highest BCUT2D eigenvalue weighted by atomic mass is 16.5. The van der Waals surface area contributed by atoms with E-state index in [2.05, 4.69) is 4.90 Å². The molecule has 1 aliphatic heterocycles. The molecule has 0 radical (unpaired) electrons. The maximum Gasteiger partial charge on any atom is 0.255 e. The molecule has 0 N–H and O–H groups in total. The Morgan fingerprint density at radius 3 is 2.38 bits per heavy atom. The van der Waals surface area contributed by atoms with Gasteiger partial charge < -0.3 is 24.0 Å². The molecular formula is C15H22N2O4. The summed E-state index contributed by atoms with van der Waals surface area (Å²) < 4.78 is 16.1. The van der Waals surface area contributed by atoms with Gasteiger partial charge >= 0.3 is 0 Å². The molecule has 1 aliphatic rings. The van der Waals surface area contributed by atoms with E-state index in [1.165, 1.54) is 0 Å². The van der Waals surface area contributed by atoms with Crippen LogP contribution in [0.3, 0.4) is 0 Å². The van der Waals surface area contributed by atoms with E-state index in [9.17, 15) is 4.79 Å². The molecule has 0 aromatic heterocycles. The SMILES string of the molecule is COc1cc(OC)c(N2CCOCC2)c(C(=O)N(C)C)c1. The smallest absolute Gasteiger partial charge is 0.255 e. The Labute approximate surface area is 125 Å². The van der Waals surface area contributed by atoms with E-state index in [0.717, 1.165) is 18.8 Å². The van der Waals surface area contributed by atoms with Crippen molar-refractivity contribution >= 4 is 11.6 Å². The number of hydrogen-bond acceptors (Lipinski definition) is 5. The Morgan fingerprint density at radius 1 is 1.19 bits per heavy atom. The number of anilines is 1. The first-order chi connectivity index (χ1) is 10.1. The number of benzene rings is 1. The van der Waals surface area contributed by atoms with Gasteiger partial charge in [-0.15, -0.1) is 0 Å². The minimum absolute atomic E-state index is 0.0753. The monoisotopic (exact) mass is 294 g/mol. The van der Waals surface area contributed by atoms with E-state index < -0.39 is 0 Å². The molecule has 0 bridgehead atoms. The van der Waals surface area contributed by atoms with Crippen LogP contribution in [-0.2, 0) is 4.74 Å². The molecule has 0 saturated carbocycles. The van der Waals surface area contributed by atoms with Crippen LogP contribution in [-0.4, -0.2) is 65.4 Å². The van der Waals surface area contributed by atoms with Gasteiger partial charge in [-0.3, -0.25) is 4.79 Å². The average Bonchev–Trinajstić information content (AvgIpc) is 2.53. The van der Waals surface area contributed by atoms with Crippen molar-refractivity contribution in [3.05, 3.63) is 17.7 Å². The second kappa shape index (κ2) is 6.67. The van der Waals surface area contributed by atoms with Crippen molar-refractivity contribution in [1.82, 2.24) is 4.90 Å². The predicted molar refractivity (Wildman–Crippen MR) is 80.6 cm³/mol. The predicted octanol–water partition coefficient (Wildman–Crippen LogP) is 1.24. The summed E-state index contributed by atoms with van der Waals surface area (Å²) in [5, 5.41) is 0. The third-order valence-corrected chi connectivity index (χ3v) is 3.47. The van der Waals surface area contributed by atoms with Gasteiger partial charge in [0.15, 0.2) is 0 Å². The quantitative estimate of drug-likeness (QED) is 0.836. The van der Waals surface area contributed by atoms with Crippen molar-refractivity contribution < 1.29 is 19.0 Å². The van der Waals surface area contributed by atoms with Crippen LogP contribution in [0.2, 0.25) is 0 Å². The first kappa shape index (κ1) is 15.4. The third-order valence-electron chi connectivity index (χ3n) is 3.47. The minimum Gasteiger partial charge on any atom is -0.497 e. The highest BCUT2D eigenvalue weighted by Gasteiger charge is 2.25. The Balaban J connectivity index is 2.54. The zero-order chi connectivity index (χ0) is 15.4. The molecule has 0 spiro atoms. The number of methoxy groups -OCH3 is 2. The van der Waals surface area contributed by atoms with Crippen LogP contribution < -0.4 is 14.4 Å². The molecule has 0 aliphatic carbocycles. The molecule has 1 fully saturated rings. The number of morpholine rings is 1. The topological polar surface area (TPSA) is 51.2 Å². The summed E-state index contributed by atoms with van der Waals surface area (Å²) in [5.41, 5.74) is 1.39. The number of ether oxygens (including phenoxy) is 3. The van der Waals surface area contributed by atoms with Crippen LogP contribution in [0.25, 0.3) is 0 Å². The molecule has 1 saturated heterocycles. The average molecular weight is 294 g/mol. The third kappa shape index (κ3) is 3.21. The fourth-order valence-corrected chi connectivity index (χ4v) is 2.37. The number of carbonyl (C=O) groups excluding carboxylic acids is 1. The summed E-state index contributed by atoms with van der Waals surface area (Å²) in [6.45, 7) is 2.75. The van der Waals surface area contributed by atoms with E-state index in [1.54, 1.807) is 45.3 Å². The summed E-state index contributed by atoms with van der Waals surface area (Å²) in [6.07, 6.45) is 0. The zero-order valence-electron chi connectivity index (χ0n) is 13.0. The standard InChI is InChI=1S/C15H22N2O4/c1-16(2)15(18)12-9-11(19-3)10-13(20-4)14(12)17-5-7-21-8-6-17/h9-10H,5-8H2,1-4H3. The van der Waals surface area contributed by atoms with Gasteiger partial charge in [0, 0.05) is 33.3 Å². The van der Waals surface area contributed by atoms with Gasteiger partial charge in [0.25, 0.3) is 5.91 Å². The Hall–Kier alpha value is -1.95. The summed E-state index contributed by atoms with van der Waals surface area (Å²) in [4.78, 5) is 16.2. The number of nitrogens with zero attached hydrogens (tertiary/aromatic N) is 2. The lowest BCUT2D eigenvalue weighted by atomic mass is 10.1. The molecule has 1 aromatic rings. The molecule has 21 heavy (non-hydrogen) atoms. The summed E-state index contributed by atoms with van der Waals surface area (Å²) in [5.74, 6) is 1.17. The van der Waals surface area contributed by atoms with Gasteiger partial charge in [0.2, 0.25) is 0 Å². The van der Waals surface area contributed by atoms with Crippen molar-refractivity contribution in [3.63, 3.8) is 0 Å². The summed E-state index contributed by atoms with van der Waals surface area (Å²) >= 11 is 0. The van der Waals surface area contributed by atoms with E-state index in [-0.39, 0.29) is 5.91 Å². The van der Waals surface area contributed by atoms with Crippen molar-refractivity contribution in [1.29, 1.82) is 0 Å². The van der Waals surface area contributed by atoms with Gasteiger partial charge in [-0.2, -0.15) is 0 Å². The van der Waals surface area contributed by atoms with Gasteiger partial charge in [-0.25, -0.2) is 0 Å². The maximum atomic E-state index is 12.5. The van der Waals surface area contributed by atoms with Gasteiger partial charge in [-0.05, 0) is 6.07 Å². The number of rotatable bonds is 4. The van der Waals surface area contributed by atoms with Crippen molar-refractivity contribution in [3.8, 4) is 11.5 Å². The zero-order valence-corrected chi connectivity index (χ0v) is 13.0. The fourth-order valence-electron chi connectivity index (χ4n) is 2.37. The maximum absolute atomic E-state index is 12.5. The molecule has 0 atom stereocenters. The second-order valence-corrected chi connectivity index (χ2v) is 5.02. The Kier molecular flexibility index (Phi) is 4.90. The minimum atomic E-state index is -0.0753. The molecule has 116 valence electrons. The van der Waals surface area contributed by atoms with Gasteiger partial charge in [-0.1, -0.05) is 0 Å². The lowest BCUT2D eigenvalue weighted by molar-refractivity contribution is 0.0826. The highest BCUT2D eigenvalue weighted by molar-refractivity contribution is 6.01. The summed E-state index contributed by atoms with van der Waals surface area (Å²) in [7, 11) is 6.64. The molecule has 2 rings (SSSR count). The molecule has 0 unspecified atom stereocenters. The molecule has 1 amide bonds. The van der Waals surface area contributed by atoms with Gasteiger partial charge in [0.05, 0.1) is 38.7 Å². The van der Waals surface area contributed by atoms with E-state index in [0.29, 0.717) is 30.3 Å². The van der Waals surface area contributed by atoms with Crippen molar-refractivity contribution in [2.75, 3.05) is 59.5 Å². The molecular weight excluding hydrogens is 272 g/mol. The van der Waals surface area contributed by atoms with Crippen LogP contribution >= 0.6 is 0 Å². The lowest BCUT2D eigenvalue weighted by Crippen LogP contribution is -2.38. The molecule has 6 heteroatoms. The van der Waals surface area contributed by atoms with Gasteiger partial charge in [0.1, 0.15) is 11.5 Å². The van der Waals surface area contributed by atoms with Crippen LogP contribution in [0.5, 0.6) is 11.5 Å². The van der Waals surface area contributed by atoms with E-state index in [1.807, 2.05) is 0 Å². The highest BCUT2D eigenvalue weighted by Crippen LogP contribution is 2.37. The fraction of sp³-hybridized carbons (Fsp3) is 0.533.